The lowest BCUT2D eigenvalue weighted by Crippen LogP contribution is -2.48. The van der Waals surface area contributed by atoms with E-state index < -0.39 is 20.6 Å². The fourth-order valence-electron chi connectivity index (χ4n) is 1.51. The first kappa shape index (κ1) is 14.8. The molecule has 1 heterocycles. The second-order valence-corrected chi connectivity index (χ2v) is 7.02. The molecule has 18 heavy (non-hydrogen) atoms. The molecule has 1 atom stereocenters. The van der Waals surface area contributed by atoms with Gasteiger partial charge in [-0.3, -0.25) is 10.8 Å². The summed E-state index contributed by atoms with van der Waals surface area (Å²) >= 11 is 0. The van der Waals surface area contributed by atoms with E-state index in [1.807, 2.05) is 0 Å². The van der Waals surface area contributed by atoms with Gasteiger partial charge < -0.3 is 4.74 Å². The van der Waals surface area contributed by atoms with E-state index in [1.54, 1.807) is 13.8 Å². The van der Waals surface area contributed by atoms with Gasteiger partial charge in [-0.25, -0.2) is 18.8 Å². The number of nitrogens with one attached hydrogen (secondary N) is 1. The number of nitrogens with zero attached hydrogens (tertiary/aromatic N) is 2. The van der Waals surface area contributed by atoms with E-state index >= 15 is 0 Å². The number of hydrogen-bond donors (Lipinski definition) is 2. The topological polar surface area (TPSA) is 107 Å². The molecule has 0 aliphatic carbocycles. The zero-order valence-corrected chi connectivity index (χ0v) is 11.7. The molecule has 0 bridgehead atoms. The summed E-state index contributed by atoms with van der Waals surface area (Å²) in [5.74, 6) is 5.72. The molecule has 0 amide bonds. The number of hydrogen-bond acceptors (Lipinski definition) is 7. The Morgan fingerprint density at radius 2 is 1.94 bits per heavy atom. The lowest BCUT2D eigenvalue weighted by Gasteiger charge is -2.31. The zero-order chi connectivity index (χ0) is 14.0. The minimum Gasteiger partial charge on any atom is -0.480 e. The molecule has 0 saturated carbocycles. The van der Waals surface area contributed by atoms with Crippen molar-refractivity contribution in [1.29, 1.82) is 0 Å². The van der Waals surface area contributed by atoms with Gasteiger partial charge >= 0.3 is 0 Å². The Morgan fingerprint density at radius 3 is 2.39 bits per heavy atom. The van der Waals surface area contributed by atoms with Crippen LogP contribution in [0, 0.1) is 0 Å². The molecule has 0 aliphatic rings. The summed E-state index contributed by atoms with van der Waals surface area (Å²) in [6.07, 6.45) is 4.07. The van der Waals surface area contributed by atoms with Crippen molar-refractivity contribution >= 4 is 9.84 Å². The average Bonchev–Trinajstić information content (AvgIpc) is 2.29. The molecule has 1 unspecified atom stereocenters. The third kappa shape index (κ3) is 2.60. The van der Waals surface area contributed by atoms with E-state index in [1.165, 1.54) is 19.5 Å². The van der Waals surface area contributed by atoms with Gasteiger partial charge in [0.2, 0.25) is 5.88 Å². The second kappa shape index (κ2) is 5.17. The van der Waals surface area contributed by atoms with Crippen LogP contribution in [0.1, 0.15) is 25.6 Å². The SMILES string of the molecule is COc1nccnc1C(NN)C(C)(C)S(C)(=O)=O. The molecule has 1 aromatic heterocycles. The fraction of sp³-hybridized carbons (Fsp3) is 0.600. The maximum absolute atomic E-state index is 11.8. The fourth-order valence-corrected chi connectivity index (χ4v) is 2.12. The number of hydrazine groups is 1. The van der Waals surface area contributed by atoms with Crippen molar-refractivity contribution in [3.63, 3.8) is 0 Å². The molecule has 0 radical (unpaired) electrons. The Kier molecular flexibility index (Phi) is 4.25. The predicted molar refractivity (Wildman–Crippen MR) is 67.6 cm³/mol. The van der Waals surface area contributed by atoms with Crippen LogP contribution >= 0.6 is 0 Å². The van der Waals surface area contributed by atoms with Gasteiger partial charge in [0, 0.05) is 18.6 Å². The summed E-state index contributed by atoms with van der Waals surface area (Å²) in [7, 11) is -1.91. The van der Waals surface area contributed by atoms with Gasteiger partial charge in [0.05, 0.1) is 17.9 Å². The number of rotatable bonds is 5. The first-order chi connectivity index (χ1) is 8.25. The number of aromatic nitrogens is 2. The summed E-state index contributed by atoms with van der Waals surface area (Å²) in [5.41, 5.74) is 2.84. The first-order valence-electron chi connectivity index (χ1n) is 5.26. The highest BCUT2D eigenvalue weighted by Crippen LogP contribution is 2.33. The highest BCUT2D eigenvalue weighted by Gasteiger charge is 2.41. The van der Waals surface area contributed by atoms with Crippen molar-refractivity contribution in [1.82, 2.24) is 15.4 Å². The van der Waals surface area contributed by atoms with E-state index in [0.717, 1.165) is 6.26 Å². The normalized spacial score (nSPS) is 14.3. The summed E-state index contributed by atoms with van der Waals surface area (Å²) in [4.78, 5) is 8.09. The molecule has 8 heteroatoms. The Labute approximate surface area is 107 Å². The van der Waals surface area contributed by atoms with E-state index in [9.17, 15) is 8.42 Å². The van der Waals surface area contributed by atoms with Gasteiger partial charge in [-0.15, -0.1) is 0 Å². The second-order valence-electron chi connectivity index (χ2n) is 4.43. The van der Waals surface area contributed by atoms with Crippen LogP contribution in [0.4, 0.5) is 0 Å². The summed E-state index contributed by atoms with van der Waals surface area (Å²) in [5, 5.41) is 0. The Hall–Kier alpha value is -1.25. The predicted octanol–water partition coefficient (Wildman–Crippen LogP) is -0.187. The smallest absolute Gasteiger partial charge is 0.237 e. The van der Waals surface area contributed by atoms with E-state index in [0.29, 0.717) is 5.69 Å². The van der Waals surface area contributed by atoms with Crippen LogP contribution in [0.5, 0.6) is 5.88 Å². The average molecular weight is 274 g/mol. The lowest BCUT2D eigenvalue weighted by atomic mass is 10.0. The molecule has 0 aromatic carbocycles. The number of methoxy groups -OCH3 is 1. The summed E-state index contributed by atoms with van der Waals surface area (Å²) in [6.45, 7) is 3.14. The number of ether oxygens (including phenoxy) is 1. The molecule has 0 fully saturated rings. The van der Waals surface area contributed by atoms with Gasteiger partial charge in [0.15, 0.2) is 9.84 Å². The summed E-state index contributed by atoms with van der Waals surface area (Å²) < 4.78 is 27.6. The minimum atomic E-state index is -3.35. The molecule has 0 saturated heterocycles. The Balaban J connectivity index is 3.35. The van der Waals surface area contributed by atoms with Gasteiger partial charge in [0.25, 0.3) is 0 Å². The highest BCUT2D eigenvalue weighted by molar-refractivity contribution is 7.92. The van der Waals surface area contributed by atoms with Crippen molar-refractivity contribution < 1.29 is 13.2 Å². The third-order valence-corrected chi connectivity index (χ3v) is 5.12. The van der Waals surface area contributed by atoms with Crippen molar-refractivity contribution in [3.8, 4) is 5.88 Å². The molecule has 0 spiro atoms. The highest BCUT2D eigenvalue weighted by atomic mass is 32.2. The standard InChI is InChI=1S/C10H18N4O3S/c1-10(2,18(4,15)16)8(14-11)7-9(17-3)13-6-5-12-7/h5-6,8,14H,11H2,1-4H3. The minimum absolute atomic E-state index is 0.247. The largest absolute Gasteiger partial charge is 0.480 e. The van der Waals surface area contributed by atoms with Crippen LogP contribution in [0.15, 0.2) is 12.4 Å². The van der Waals surface area contributed by atoms with E-state index in [2.05, 4.69) is 15.4 Å². The maximum Gasteiger partial charge on any atom is 0.237 e. The first-order valence-corrected chi connectivity index (χ1v) is 7.15. The zero-order valence-electron chi connectivity index (χ0n) is 10.8. The molecular formula is C10H18N4O3S. The molecule has 102 valence electrons. The molecule has 1 aromatic rings. The van der Waals surface area contributed by atoms with Gasteiger partial charge in [-0.1, -0.05) is 0 Å². The van der Waals surface area contributed by atoms with Crippen LogP contribution in [0.3, 0.4) is 0 Å². The molecule has 0 aliphatic heterocycles. The summed E-state index contributed by atoms with van der Waals surface area (Å²) in [6, 6.07) is -0.726. The molecule has 3 N–H and O–H groups in total. The van der Waals surface area contributed by atoms with Crippen LogP contribution < -0.4 is 16.0 Å². The number of nitrogens with two attached hydrogens (primary N) is 1. The third-order valence-electron chi connectivity index (χ3n) is 2.98. The maximum atomic E-state index is 11.8. The molecular weight excluding hydrogens is 256 g/mol. The van der Waals surface area contributed by atoms with Crippen LogP contribution in [-0.4, -0.2) is 36.5 Å². The van der Waals surface area contributed by atoms with Gasteiger partial charge in [-0.2, -0.15) is 0 Å². The van der Waals surface area contributed by atoms with Gasteiger partial charge in [-0.05, 0) is 13.8 Å². The van der Waals surface area contributed by atoms with Crippen molar-refractivity contribution in [3.05, 3.63) is 18.1 Å². The number of sulfone groups is 1. The van der Waals surface area contributed by atoms with Crippen LogP contribution in [0.25, 0.3) is 0 Å². The van der Waals surface area contributed by atoms with Crippen molar-refractivity contribution in [2.45, 2.75) is 24.6 Å². The van der Waals surface area contributed by atoms with Crippen molar-refractivity contribution in [2.75, 3.05) is 13.4 Å². The van der Waals surface area contributed by atoms with E-state index in [-0.39, 0.29) is 5.88 Å². The van der Waals surface area contributed by atoms with Crippen molar-refractivity contribution in [2.24, 2.45) is 5.84 Å². The Bertz CT molecular complexity index is 516. The van der Waals surface area contributed by atoms with E-state index in [4.69, 9.17) is 10.6 Å². The molecule has 7 nitrogen and oxygen atoms in total. The Morgan fingerprint density at radius 1 is 1.39 bits per heavy atom. The molecule has 1 rings (SSSR count). The lowest BCUT2D eigenvalue weighted by molar-refractivity contribution is 0.358. The van der Waals surface area contributed by atoms with Crippen LogP contribution in [-0.2, 0) is 9.84 Å². The van der Waals surface area contributed by atoms with Gasteiger partial charge in [0.1, 0.15) is 5.69 Å². The quantitative estimate of drug-likeness (QED) is 0.566. The monoisotopic (exact) mass is 274 g/mol. The van der Waals surface area contributed by atoms with Crippen LogP contribution in [0.2, 0.25) is 0 Å².